The van der Waals surface area contributed by atoms with Crippen molar-refractivity contribution in [3.05, 3.63) is 35.9 Å². The summed E-state index contributed by atoms with van der Waals surface area (Å²) in [6, 6.07) is 9.81. The first kappa shape index (κ1) is 16.7. The average Bonchev–Trinajstić information content (AvgIpc) is 2.45. The number of rotatable bonds is 9. The fourth-order valence-electron chi connectivity index (χ4n) is 2.74. The van der Waals surface area contributed by atoms with Crippen molar-refractivity contribution in [2.75, 3.05) is 0 Å². The highest BCUT2D eigenvalue weighted by molar-refractivity contribution is 5.72. The highest BCUT2D eigenvalue weighted by atomic mass is 16.5. The zero-order valence-corrected chi connectivity index (χ0v) is 13.1. The highest BCUT2D eigenvalue weighted by Crippen LogP contribution is 2.23. The number of carbonyl (C=O) groups is 1. The molecule has 0 aliphatic carbocycles. The van der Waals surface area contributed by atoms with Crippen LogP contribution in [0, 0.1) is 5.92 Å². The molecule has 1 aromatic rings. The van der Waals surface area contributed by atoms with Gasteiger partial charge in [-0.2, -0.15) is 0 Å². The molecule has 0 heterocycles. The molecule has 2 nitrogen and oxygen atoms in total. The van der Waals surface area contributed by atoms with Crippen LogP contribution in [0.3, 0.4) is 0 Å². The highest BCUT2D eigenvalue weighted by Gasteiger charge is 2.22. The van der Waals surface area contributed by atoms with Crippen molar-refractivity contribution < 1.29 is 9.53 Å². The minimum absolute atomic E-state index is 0.0751. The van der Waals surface area contributed by atoms with Crippen LogP contribution >= 0.6 is 0 Å². The van der Waals surface area contributed by atoms with E-state index < -0.39 is 0 Å². The van der Waals surface area contributed by atoms with Gasteiger partial charge >= 0.3 is 5.97 Å². The van der Waals surface area contributed by atoms with Crippen LogP contribution in [0.5, 0.6) is 0 Å². The van der Waals surface area contributed by atoms with Crippen molar-refractivity contribution in [2.24, 2.45) is 5.92 Å². The molecule has 0 radical (unpaired) electrons. The number of hydrogen-bond acceptors (Lipinski definition) is 2. The Balaban J connectivity index is 2.55. The third kappa shape index (κ3) is 5.77. The van der Waals surface area contributed by atoms with E-state index in [1.165, 1.54) is 0 Å². The second kappa shape index (κ2) is 9.57. The van der Waals surface area contributed by atoms with Crippen LogP contribution in [0.2, 0.25) is 0 Å². The maximum absolute atomic E-state index is 12.1. The van der Waals surface area contributed by atoms with Crippen molar-refractivity contribution >= 4 is 5.97 Å². The van der Waals surface area contributed by atoms with E-state index in [0.29, 0.717) is 12.3 Å². The molecule has 0 bridgehead atoms. The quantitative estimate of drug-likeness (QED) is 0.607. The molecule has 0 amide bonds. The van der Waals surface area contributed by atoms with Gasteiger partial charge in [-0.25, -0.2) is 0 Å². The van der Waals surface area contributed by atoms with E-state index in [1.54, 1.807) is 0 Å². The summed E-state index contributed by atoms with van der Waals surface area (Å²) in [7, 11) is 0. The van der Waals surface area contributed by atoms with Crippen molar-refractivity contribution in [1.29, 1.82) is 0 Å². The maximum atomic E-state index is 12.1. The van der Waals surface area contributed by atoms with E-state index >= 15 is 0 Å². The van der Waals surface area contributed by atoms with Crippen LogP contribution in [0.4, 0.5) is 0 Å². The Bertz CT molecular complexity index is 366. The minimum atomic E-state index is -0.0970. The summed E-state index contributed by atoms with van der Waals surface area (Å²) in [5.41, 5.74) is 1.02. The van der Waals surface area contributed by atoms with E-state index in [4.69, 9.17) is 4.74 Å². The van der Waals surface area contributed by atoms with E-state index in [9.17, 15) is 4.79 Å². The van der Waals surface area contributed by atoms with Crippen LogP contribution in [-0.4, -0.2) is 12.1 Å². The molecule has 0 spiro atoms. The van der Waals surface area contributed by atoms with Crippen LogP contribution in [0.25, 0.3) is 0 Å². The van der Waals surface area contributed by atoms with Gasteiger partial charge in [-0.15, -0.1) is 0 Å². The molecular formula is C18H28O2. The first-order valence-corrected chi connectivity index (χ1v) is 7.94. The largest absolute Gasteiger partial charge is 0.462 e. The molecule has 0 fully saturated rings. The normalized spacial score (nSPS) is 12.4. The van der Waals surface area contributed by atoms with E-state index in [1.807, 2.05) is 30.3 Å². The van der Waals surface area contributed by atoms with Crippen LogP contribution in [-0.2, 0) is 16.0 Å². The average molecular weight is 276 g/mol. The summed E-state index contributed by atoms with van der Waals surface area (Å²) in [5, 5.41) is 0. The van der Waals surface area contributed by atoms with Gasteiger partial charge in [-0.05, 0) is 30.7 Å². The van der Waals surface area contributed by atoms with Crippen LogP contribution in [0.1, 0.15) is 58.4 Å². The lowest BCUT2D eigenvalue weighted by atomic mass is 9.91. The Kier molecular flexibility index (Phi) is 8.01. The third-order valence-electron chi connectivity index (χ3n) is 3.72. The molecule has 0 aliphatic heterocycles. The van der Waals surface area contributed by atoms with Crippen molar-refractivity contribution in [2.45, 2.75) is 65.4 Å². The van der Waals surface area contributed by atoms with Gasteiger partial charge in [-0.1, -0.05) is 63.9 Å². The summed E-state index contributed by atoms with van der Waals surface area (Å²) in [4.78, 5) is 12.1. The van der Waals surface area contributed by atoms with Gasteiger partial charge in [0.1, 0.15) is 6.10 Å². The van der Waals surface area contributed by atoms with E-state index in [-0.39, 0.29) is 12.1 Å². The summed E-state index contributed by atoms with van der Waals surface area (Å²) < 4.78 is 5.73. The summed E-state index contributed by atoms with van der Waals surface area (Å²) >= 11 is 0. The second-order valence-corrected chi connectivity index (χ2v) is 5.44. The molecule has 20 heavy (non-hydrogen) atoms. The number of esters is 1. The second-order valence-electron chi connectivity index (χ2n) is 5.44. The lowest BCUT2D eigenvalue weighted by molar-refractivity contribution is -0.151. The molecule has 1 aromatic carbocycles. The number of hydrogen-bond donors (Lipinski definition) is 0. The molecule has 1 atom stereocenters. The van der Waals surface area contributed by atoms with Gasteiger partial charge in [-0.3, -0.25) is 4.79 Å². The SMILES string of the molecule is CCCC(CCC)[C@H](CC)OC(=O)Cc1ccccc1. The molecule has 0 aliphatic rings. The first-order valence-electron chi connectivity index (χ1n) is 7.94. The van der Waals surface area contributed by atoms with Crippen molar-refractivity contribution in [3.63, 3.8) is 0 Å². The Morgan fingerprint density at radius 3 is 2.15 bits per heavy atom. The van der Waals surface area contributed by atoms with Gasteiger partial charge in [0.2, 0.25) is 0 Å². The molecular weight excluding hydrogens is 248 g/mol. The zero-order chi connectivity index (χ0) is 14.8. The first-order chi connectivity index (χ1) is 9.71. The maximum Gasteiger partial charge on any atom is 0.310 e. The summed E-state index contributed by atoms with van der Waals surface area (Å²) in [5.74, 6) is 0.412. The van der Waals surface area contributed by atoms with Crippen molar-refractivity contribution in [1.82, 2.24) is 0 Å². The number of ether oxygens (including phenoxy) is 1. The van der Waals surface area contributed by atoms with Crippen molar-refractivity contribution in [3.8, 4) is 0 Å². The van der Waals surface area contributed by atoms with E-state index in [2.05, 4.69) is 20.8 Å². The van der Waals surface area contributed by atoms with E-state index in [0.717, 1.165) is 37.7 Å². The molecule has 0 unspecified atom stereocenters. The third-order valence-corrected chi connectivity index (χ3v) is 3.72. The monoisotopic (exact) mass is 276 g/mol. The van der Waals surface area contributed by atoms with Gasteiger partial charge in [0.25, 0.3) is 0 Å². The molecule has 0 saturated heterocycles. The topological polar surface area (TPSA) is 26.3 Å². The molecule has 0 N–H and O–H groups in total. The fourth-order valence-corrected chi connectivity index (χ4v) is 2.74. The predicted octanol–water partition coefficient (Wildman–Crippen LogP) is 4.77. The van der Waals surface area contributed by atoms with Gasteiger partial charge in [0.05, 0.1) is 6.42 Å². The number of carbonyl (C=O) groups excluding carboxylic acids is 1. The summed E-state index contributed by atoms with van der Waals surface area (Å²) in [6.07, 6.45) is 5.95. The molecule has 0 saturated carbocycles. The van der Waals surface area contributed by atoms with Crippen LogP contribution < -0.4 is 0 Å². The van der Waals surface area contributed by atoms with Gasteiger partial charge in [0, 0.05) is 0 Å². The predicted molar refractivity (Wildman–Crippen MR) is 83.6 cm³/mol. The lowest BCUT2D eigenvalue weighted by Crippen LogP contribution is -2.27. The molecule has 112 valence electrons. The lowest BCUT2D eigenvalue weighted by Gasteiger charge is -2.25. The molecule has 0 aromatic heterocycles. The fraction of sp³-hybridized carbons (Fsp3) is 0.611. The molecule has 2 heteroatoms. The Labute approximate surface area is 123 Å². The standard InChI is InChI=1S/C18H28O2/c1-4-10-16(11-5-2)17(6-3)20-18(19)14-15-12-8-7-9-13-15/h7-9,12-13,16-17H,4-6,10-11,14H2,1-3H3/t17-/m0/s1. The minimum Gasteiger partial charge on any atom is -0.462 e. The Morgan fingerprint density at radius 2 is 1.65 bits per heavy atom. The summed E-state index contributed by atoms with van der Waals surface area (Å²) in [6.45, 7) is 6.50. The molecule has 1 rings (SSSR count). The Hall–Kier alpha value is -1.31. The Morgan fingerprint density at radius 1 is 1.05 bits per heavy atom. The zero-order valence-electron chi connectivity index (χ0n) is 13.1. The van der Waals surface area contributed by atoms with Crippen LogP contribution in [0.15, 0.2) is 30.3 Å². The van der Waals surface area contributed by atoms with Gasteiger partial charge in [0.15, 0.2) is 0 Å². The number of benzene rings is 1. The smallest absolute Gasteiger partial charge is 0.310 e. The van der Waals surface area contributed by atoms with Gasteiger partial charge < -0.3 is 4.74 Å².